The van der Waals surface area contributed by atoms with Crippen LogP contribution in [0.3, 0.4) is 0 Å². The molecule has 0 bridgehead atoms. The summed E-state index contributed by atoms with van der Waals surface area (Å²) in [6.07, 6.45) is 2.73. The van der Waals surface area contributed by atoms with E-state index in [1.54, 1.807) is 0 Å². The monoisotopic (exact) mass is 942 g/mol. The third-order valence-corrected chi connectivity index (χ3v) is 16.8. The molecular formula is C63H71N5OSi. The fraction of sp³-hybridized carbons (Fsp3) is 0.349. The summed E-state index contributed by atoms with van der Waals surface area (Å²) in [5.74, 6) is 2.49. The standard InChI is InChI=1S/C63H71N5OSi/c1-36(2)46-34-44(70(14,15)16)35-47(37(3)4)57(46)68-58-45-23-19-17-21-38(45)30-48(55(58)66-60(68)49-32-43(62(8,9)10)33-50(59(49)69)63(11,12)13)40-27-41(29-42(28-40)61(5,6)7)54-56-52(25-26-64-54)67-51-24-20-18-22-39(51)31-53(67)65-56/h17-30,32-37,69H,31H2,1-16H3. The molecule has 0 unspecified atom stereocenters. The SMILES string of the molecule is CC(C)c1cc([Si](C)(C)C)cc(C(C)C)c1-n1c(-c2cc(C(C)(C)C)cc(C(C)(C)C)c2O)nc2c(-c3cc(-c4nccc5c4nc4n5-c5ccccc5C4)cc(C(C)(C)C)c3)cc3ccccc3c21. The van der Waals surface area contributed by atoms with Crippen molar-refractivity contribution in [2.75, 3.05) is 0 Å². The Hall–Kier alpha value is -6.31. The number of benzene rings is 6. The van der Waals surface area contributed by atoms with E-state index in [9.17, 15) is 5.11 Å². The first-order valence-electron chi connectivity index (χ1n) is 25.4. The van der Waals surface area contributed by atoms with Crippen molar-refractivity contribution < 1.29 is 5.11 Å². The van der Waals surface area contributed by atoms with Gasteiger partial charge in [0.2, 0.25) is 0 Å². The molecule has 0 radical (unpaired) electrons. The largest absolute Gasteiger partial charge is 0.507 e. The zero-order valence-corrected chi connectivity index (χ0v) is 45.4. The first-order valence-corrected chi connectivity index (χ1v) is 28.9. The zero-order valence-electron chi connectivity index (χ0n) is 44.4. The Morgan fingerprint density at radius 2 is 1.24 bits per heavy atom. The van der Waals surface area contributed by atoms with E-state index >= 15 is 0 Å². The van der Waals surface area contributed by atoms with Gasteiger partial charge in [-0.15, -0.1) is 0 Å². The van der Waals surface area contributed by atoms with Gasteiger partial charge in [0.05, 0.1) is 47.3 Å². The number of aromatic nitrogens is 5. The summed E-state index contributed by atoms with van der Waals surface area (Å²) in [6.45, 7) is 36.9. The molecule has 0 atom stereocenters. The molecule has 0 amide bonds. The van der Waals surface area contributed by atoms with Gasteiger partial charge in [-0.2, -0.15) is 0 Å². The molecule has 10 rings (SSSR count). The number of phenolic OH excluding ortho intramolecular Hbond substituents is 1. The third kappa shape index (κ3) is 7.89. The van der Waals surface area contributed by atoms with E-state index in [1.165, 1.54) is 38.8 Å². The van der Waals surface area contributed by atoms with E-state index in [0.717, 1.165) is 90.0 Å². The molecule has 7 heteroatoms. The van der Waals surface area contributed by atoms with Crippen LogP contribution in [-0.4, -0.2) is 37.3 Å². The van der Waals surface area contributed by atoms with Crippen molar-refractivity contribution in [2.45, 2.75) is 144 Å². The second kappa shape index (κ2) is 16.4. The van der Waals surface area contributed by atoms with Crippen LogP contribution in [0.5, 0.6) is 5.75 Å². The molecular weight excluding hydrogens is 871 g/mol. The van der Waals surface area contributed by atoms with Gasteiger partial charge < -0.3 is 5.11 Å². The Morgan fingerprint density at radius 1 is 0.614 bits per heavy atom. The van der Waals surface area contributed by atoms with Crippen molar-refractivity contribution >= 4 is 46.1 Å². The first kappa shape index (κ1) is 47.4. The van der Waals surface area contributed by atoms with Crippen molar-refractivity contribution in [3.8, 4) is 50.9 Å². The molecule has 9 aromatic rings. The molecule has 4 heterocycles. The number of pyridine rings is 1. The molecule has 6 aromatic carbocycles. The van der Waals surface area contributed by atoms with Crippen LogP contribution in [0.15, 0.2) is 109 Å². The Labute approximate surface area is 416 Å². The minimum Gasteiger partial charge on any atom is -0.507 e. The van der Waals surface area contributed by atoms with Crippen LogP contribution in [0, 0.1) is 0 Å². The second-order valence-corrected chi connectivity index (χ2v) is 29.9. The van der Waals surface area contributed by atoms with Crippen LogP contribution in [0.4, 0.5) is 0 Å². The van der Waals surface area contributed by atoms with Gasteiger partial charge in [-0.1, -0.05) is 182 Å². The maximum absolute atomic E-state index is 12.9. The number of imidazole rings is 2. The summed E-state index contributed by atoms with van der Waals surface area (Å²) in [4.78, 5) is 16.4. The van der Waals surface area contributed by atoms with Crippen LogP contribution in [0.25, 0.3) is 78.0 Å². The molecule has 0 saturated carbocycles. The molecule has 358 valence electrons. The number of para-hydroxylation sites is 1. The van der Waals surface area contributed by atoms with Gasteiger partial charge >= 0.3 is 0 Å². The lowest BCUT2D eigenvalue weighted by molar-refractivity contribution is 0.446. The van der Waals surface area contributed by atoms with Crippen LogP contribution in [0.1, 0.15) is 141 Å². The highest BCUT2D eigenvalue weighted by Crippen LogP contribution is 2.48. The summed E-state index contributed by atoms with van der Waals surface area (Å²) >= 11 is 0. The second-order valence-electron chi connectivity index (χ2n) is 24.8. The van der Waals surface area contributed by atoms with Crippen molar-refractivity contribution in [1.82, 2.24) is 24.1 Å². The fourth-order valence-electron chi connectivity index (χ4n) is 10.7. The van der Waals surface area contributed by atoms with Gasteiger partial charge in [-0.05, 0) is 103 Å². The predicted octanol–water partition coefficient (Wildman–Crippen LogP) is 16.2. The number of nitrogens with zero attached hydrogens (tertiary/aromatic N) is 5. The van der Waals surface area contributed by atoms with Crippen molar-refractivity contribution in [2.24, 2.45) is 0 Å². The number of fused-ring (bicyclic) bond motifs is 8. The maximum atomic E-state index is 12.9. The summed E-state index contributed by atoms with van der Waals surface area (Å²) in [7, 11) is -1.75. The average Bonchev–Trinajstić information content (AvgIpc) is 3.97. The van der Waals surface area contributed by atoms with E-state index in [-0.39, 0.29) is 33.8 Å². The Morgan fingerprint density at radius 3 is 1.89 bits per heavy atom. The topological polar surface area (TPSA) is 68.8 Å². The highest BCUT2D eigenvalue weighted by Gasteiger charge is 2.33. The highest BCUT2D eigenvalue weighted by molar-refractivity contribution is 6.88. The minimum absolute atomic E-state index is 0.187. The van der Waals surface area contributed by atoms with Gasteiger partial charge in [0.15, 0.2) is 0 Å². The van der Waals surface area contributed by atoms with E-state index in [1.807, 2.05) is 6.20 Å². The van der Waals surface area contributed by atoms with E-state index in [4.69, 9.17) is 15.0 Å². The molecule has 1 aliphatic rings. The number of hydrogen-bond acceptors (Lipinski definition) is 4. The molecule has 0 spiro atoms. The molecule has 70 heavy (non-hydrogen) atoms. The van der Waals surface area contributed by atoms with Crippen LogP contribution >= 0.6 is 0 Å². The van der Waals surface area contributed by atoms with Crippen molar-refractivity contribution in [3.05, 3.63) is 149 Å². The van der Waals surface area contributed by atoms with Gasteiger partial charge in [0, 0.05) is 34.7 Å². The maximum Gasteiger partial charge on any atom is 0.149 e. The number of rotatable bonds is 7. The summed E-state index contributed by atoms with van der Waals surface area (Å²) in [6, 6.07) is 38.3. The molecule has 0 fully saturated rings. The normalized spacial score (nSPS) is 13.4. The van der Waals surface area contributed by atoms with Crippen molar-refractivity contribution in [3.63, 3.8) is 0 Å². The lowest BCUT2D eigenvalue weighted by atomic mass is 9.79. The minimum atomic E-state index is -1.75. The lowest BCUT2D eigenvalue weighted by Crippen LogP contribution is -2.38. The van der Waals surface area contributed by atoms with Gasteiger partial charge in [-0.25, -0.2) is 9.97 Å². The van der Waals surface area contributed by atoms with Crippen LogP contribution in [-0.2, 0) is 22.7 Å². The molecule has 1 N–H and O–H groups in total. The first-order chi connectivity index (χ1) is 32.8. The third-order valence-electron chi connectivity index (χ3n) is 14.8. The number of aromatic hydroxyl groups is 1. The molecule has 3 aromatic heterocycles. The van der Waals surface area contributed by atoms with Crippen LogP contribution in [0.2, 0.25) is 19.6 Å². The smallest absolute Gasteiger partial charge is 0.149 e. The lowest BCUT2D eigenvalue weighted by Gasteiger charge is -2.29. The Bertz CT molecular complexity index is 3550. The molecule has 1 aliphatic heterocycles. The van der Waals surface area contributed by atoms with Gasteiger partial charge in [0.25, 0.3) is 0 Å². The highest BCUT2D eigenvalue weighted by atomic mass is 28.3. The van der Waals surface area contributed by atoms with E-state index in [0.29, 0.717) is 0 Å². The summed E-state index contributed by atoms with van der Waals surface area (Å²) < 4.78 is 4.78. The quantitative estimate of drug-likeness (QED) is 0.162. The Balaban J connectivity index is 1.36. The fourth-order valence-corrected chi connectivity index (χ4v) is 11.8. The van der Waals surface area contributed by atoms with Gasteiger partial charge in [-0.3, -0.25) is 14.1 Å². The Kier molecular flexibility index (Phi) is 11.1. The van der Waals surface area contributed by atoms with E-state index in [2.05, 4.69) is 222 Å². The van der Waals surface area contributed by atoms with Crippen LogP contribution < -0.4 is 5.19 Å². The van der Waals surface area contributed by atoms with Crippen molar-refractivity contribution in [1.29, 1.82) is 0 Å². The van der Waals surface area contributed by atoms with Gasteiger partial charge in [0.1, 0.15) is 22.9 Å². The molecule has 0 aliphatic carbocycles. The summed E-state index contributed by atoms with van der Waals surface area (Å²) in [5.41, 5.74) is 17.5. The predicted molar refractivity (Wildman–Crippen MR) is 299 cm³/mol. The van der Waals surface area contributed by atoms with E-state index < -0.39 is 8.07 Å². The zero-order chi connectivity index (χ0) is 50.1. The molecule has 0 saturated heterocycles. The average molecular weight is 942 g/mol. The summed E-state index contributed by atoms with van der Waals surface area (Å²) in [5, 5.41) is 16.6. The number of phenols is 1. The molecule has 6 nitrogen and oxygen atoms in total. The number of hydrogen-bond donors (Lipinski definition) is 1.